The molecule has 2 atom stereocenters. The molecule has 1 aliphatic rings. The Hall–Kier alpha value is -0.290. The minimum atomic E-state index is -2.92. The molecule has 0 aromatic carbocycles. The normalized spacial score (nSPS) is 27.1. The maximum atomic E-state index is 11.4. The van der Waals surface area contributed by atoms with Crippen LogP contribution in [0.15, 0.2) is 0 Å². The van der Waals surface area contributed by atoms with Crippen molar-refractivity contribution in [3.63, 3.8) is 0 Å². The van der Waals surface area contributed by atoms with Gasteiger partial charge in [-0.1, -0.05) is 6.92 Å². The lowest BCUT2D eigenvalue weighted by molar-refractivity contribution is -0.124. The SMILES string of the molecule is CC(CCl)C(=O)NC1CCS(=O)(=O)C1. The maximum absolute atomic E-state index is 11.4. The van der Waals surface area contributed by atoms with Crippen LogP contribution in [0.25, 0.3) is 0 Å². The first-order valence-corrected chi connectivity index (χ1v) is 6.87. The molecule has 0 spiro atoms. The zero-order valence-corrected chi connectivity index (χ0v) is 9.57. The number of hydrogen-bond acceptors (Lipinski definition) is 3. The summed E-state index contributed by atoms with van der Waals surface area (Å²) in [6.45, 7) is 1.71. The van der Waals surface area contributed by atoms with Crippen molar-refractivity contribution < 1.29 is 13.2 Å². The summed E-state index contributed by atoms with van der Waals surface area (Å²) < 4.78 is 22.2. The van der Waals surface area contributed by atoms with Gasteiger partial charge in [0.2, 0.25) is 5.91 Å². The lowest BCUT2D eigenvalue weighted by atomic mass is 10.2. The average Bonchev–Trinajstić information content (AvgIpc) is 2.44. The molecule has 1 amide bonds. The summed E-state index contributed by atoms with van der Waals surface area (Å²) in [4.78, 5) is 11.4. The highest BCUT2D eigenvalue weighted by atomic mass is 35.5. The van der Waals surface area contributed by atoms with Crippen molar-refractivity contribution in [1.82, 2.24) is 5.32 Å². The van der Waals surface area contributed by atoms with Crippen LogP contribution in [0.2, 0.25) is 0 Å². The van der Waals surface area contributed by atoms with Gasteiger partial charge in [-0.2, -0.15) is 0 Å². The van der Waals surface area contributed by atoms with Crippen LogP contribution >= 0.6 is 11.6 Å². The maximum Gasteiger partial charge on any atom is 0.224 e. The van der Waals surface area contributed by atoms with E-state index in [1.165, 1.54) is 0 Å². The molecule has 0 aromatic rings. The van der Waals surface area contributed by atoms with Crippen molar-refractivity contribution in [2.75, 3.05) is 17.4 Å². The fourth-order valence-electron chi connectivity index (χ4n) is 1.32. The summed E-state index contributed by atoms with van der Waals surface area (Å²) in [6, 6.07) is -0.224. The zero-order valence-electron chi connectivity index (χ0n) is 7.99. The van der Waals surface area contributed by atoms with Gasteiger partial charge in [-0.15, -0.1) is 11.6 Å². The van der Waals surface area contributed by atoms with Gasteiger partial charge >= 0.3 is 0 Å². The monoisotopic (exact) mass is 239 g/mol. The van der Waals surface area contributed by atoms with E-state index in [0.29, 0.717) is 6.42 Å². The molecule has 14 heavy (non-hydrogen) atoms. The first kappa shape index (κ1) is 11.8. The first-order chi connectivity index (χ1) is 6.44. The molecule has 0 aromatic heterocycles. The predicted molar refractivity (Wildman–Crippen MR) is 55.1 cm³/mol. The molecule has 1 aliphatic heterocycles. The third-order valence-corrected chi connectivity index (χ3v) is 4.49. The molecule has 0 radical (unpaired) electrons. The summed E-state index contributed by atoms with van der Waals surface area (Å²) in [7, 11) is -2.92. The lowest BCUT2D eigenvalue weighted by Crippen LogP contribution is -2.39. The van der Waals surface area contributed by atoms with Crippen LogP contribution in [-0.2, 0) is 14.6 Å². The van der Waals surface area contributed by atoms with E-state index in [-0.39, 0.29) is 35.3 Å². The molecule has 1 heterocycles. The molecular weight excluding hydrogens is 226 g/mol. The van der Waals surface area contributed by atoms with Gasteiger partial charge in [0, 0.05) is 17.8 Å². The van der Waals surface area contributed by atoms with Gasteiger partial charge in [0.25, 0.3) is 0 Å². The van der Waals surface area contributed by atoms with Crippen LogP contribution in [0.1, 0.15) is 13.3 Å². The molecular formula is C8H14ClNO3S. The number of carbonyl (C=O) groups is 1. The standard InChI is InChI=1S/C8H14ClNO3S/c1-6(4-9)8(11)10-7-2-3-14(12,13)5-7/h6-7H,2-5H2,1H3,(H,10,11). The van der Waals surface area contributed by atoms with Crippen LogP contribution in [0.4, 0.5) is 0 Å². The van der Waals surface area contributed by atoms with Gasteiger partial charge < -0.3 is 5.32 Å². The van der Waals surface area contributed by atoms with E-state index in [2.05, 4.69) is 5.32 Å². The molecule has 4 nitrogen and oxygen atoms in total. The Kier molecular flexibility index (Phi) is 3.78. The van der Waals surface area contributed by atoms with Crippen molar-refractivity contribution >= 4 is 27.3 Å². The minimum absolute atomic E-state index is 0.0632. The lowest BCUT2D eigenvalue weighted by Gasteiger charge is -2.13. The van der Waals surface area contributed by atoms with E-state index < -0.39 is 9.84 Å². The second-order valence-electron chi connectivity index (χ2n) is 3.66. The average molecular weight is 240 g/mol. The predicted octanol–water partition coefficient (Wildman–Crippen LogP) is 0.165. The smallest absolute Gasteiger partial charge is 0.224 e. The largest absolute Gasteiger partial charge is 0.352 e. The Bertz CT molecular complexity index is 315. The molecule has 0 saturated carbocycles. The summed E-state index contributed by atoms with van der Waals surface area (Å²) in [5, 5.41) is 2.68. The Morgan fingerprint density at radius 2 is 2.29 bits per heavy atom. The number of hydrogen-bond donors (Lipinski definition) is 1. The van der Waals surface area contributed by atoms with E-state index >= 15 is 0 Å². The molecule has 82 valence electrons. The van der Waals surface area contributed by atoms with Crippen molar-refractivity contribution in [1.29, 1.82) is 0 Å². The third kappa shape index (κ3) is 3.13. The van der Waals surface area contributed by atoms with Crippen molar-refractivity contribution in [3.05, 3.63) is 0 Å². The Morgan fingerprint density at radius 3 is 2.71 bits per heavy atom. The van der Waals surface area contributed by atoms with Crippen LogP contribution in [0, 0.1) is 5.92 Å². The minimum Gasteiger partial charge on any atom is -0.352 e. The van der Waals surface area contributed by atoms with Crippen LogP contribution in [-0.4, -0.2) is 37.8 Å². The molecule has 1 fully saturated rings. The van der Waals surface area contributed by atoms with Gasteiger partial charge in [-0.3, -0.25) is 4.79 Å². The molecule has 1 saturated heterocycles. The number of halogens is 1. The summed E-state index contributed by atoms with van der Waals surface area (Å²) in [5.74, 6) is 0.0637. The van der Waals surface area contributed by atoms with Crippen molar-refractivity contribution in [2.45, 2.75) is 19.4 Å². The van der Waals surface area contributed by atoms with Gasteiger partial charge in [0.1, 0.15) is 0 Å². The number of alkyl halides is 1. The molecule has 2 unspecified atom stereocenters. The van der Waals surface area contributed by atoms with E-state index in [0.717, 1.165) is 0 Å². The van der Waals surface area contributed by atoms with Crippen molar-refractivity contribution in [3.8, 4) is 0 Å². The Morgan fingerprint density at radius 1 is 1.64 bits per heavy atom. The summed E-state index contributed by atoms with van der Waals surface area (Å²) >= 11 is 5.51. The highest BCUT2D eigenvalue weighted by Gasteiger charge is 2.29. The Balaban J connectivity index is 2.44. The van der Waals surface area contributed by atoms with E-state index in [9.17, 15) is 13.2 Å². The topological polar surface area (TPSA) is 63.2 Å². The zero-order chi connectivity index (χ0) is 10.8. The van der Waals surface area contributed by atoms with Crippen LogP contribution in [0.5, 0.6) is 0 Å². The number of nitrogens with one attached hydrogen (secondary N) is 1. The van der Waals surface area contributed by atoms with E-state index in [1.807, 2.05) is 0 Å². The highest BCUT2D eigenvalue weighted by Crippen LogP contribution is 2.12. The van der Waals surface area contributed by atoms with E-state index in [1.54, 1.807) is 6.92 Å². The van der Waals surface area contributed by atoms with Gasteiger partial charge in [-0.25, -0.2) is 8.42 Å². The fraction of sp³-hybridized carbons (Fsp3) is 0.875. The molecule has 6 heteroatoms. The highest BCUT2D eigenvalue weighted by molar-refractivity contribution is 7.91. The number of carbonyl (C=O) groups excluding carboxylic acids is 1. The van der Waals surface area contributed by atoms with E-state index in [4.69, 9.17) is 11.6 Å². The van der Waals surface area contributed by atoms with Crippen LogP contribution in [0.3, 0.4) is 0 Å². The van der Waals surface area contributed by atoms with Gasteiger partial charge in [-0.05, 0) is 6.42 Å². The van der Waals surface area contributed by atoms with Gasteiger partial charge in [0.15, 0.2) is 9.84 Å². The van der Waals surface area contributed by atoms with Crippen LogP contribution < -0.4 is 5.32 Å². The first-order valence-electron chi connectivity index (χ1n) is 4.51. The summed E-state index contributed by atoms with van der Waals surface area (Å²) in [6.07, 6.45) is 0.517. The molecule has 1 rings (SSSR count). The Labute approximate surface area is 88.9 Å². The molecule has 0 aliphatic carbocycles. The second kappa shape index (κ2) is 4.49. The number of amides is 1. The quantitative estimate of drug-likeness (QED) is 0.714. The summed E-state index contributed by atoms with van der Waals surface area (Å²) in [5.41, 5.74) is 0. The number of rotatable bonds is 3. The van der Waals surface area contributed by atoms with Gasteiger partial charge in [0.05, 0.1) is 11.5 Å². The van der Waals surface area contributed by atoms with Crippen molar-refractivity contribution in [2.24, 2.45) is 5.92 Å². The second-order valence-corrected chi connectivity index (χ2v) is 6.20. The molecule has 0 bridgehead atoms. The molecule has 1 N–H and O–H groups in total. The fourth-order valence-corrected chi connectivity index (χ4v) is 3.14. The third-order valence-electron chi connectivity index (χ3n) is 2.26. The number of sulfone groups is 1.